The van der Waals surface area contributed by atoms with Gasteiger partial charge in [-0.2, -0.15) is 5.10 Å². The Labute approximate surface area is 192 Å². The first-order valence-electron chi connectivity index (χ1n) is 11.8. The van der Waals surface area contributed by atoms with Gasteiger partial charge in [0.05, 0.1) is 17.3 Å². The number of carbonyl (C=O) groups excluding carboxylic acids is 1. The molecule has 0 spiro atoms. The first kappa shape index (κ1) is 20.2. The highest BCUT2D eigenvalue weighted by molar-refractivity contribution is 6.02. The standard InChI is InChI=1S/C26H28N6O/c1-30-10-5-18(6-11-30)20-13-21-22(16-28-25(21)27-15-20)19-7-12-32-24(14-19)23(17-29-32)26(33)31-8-3-2-4-9-31/h5,7,12-17H,2-4,6,8-11H2,1H3,(H,27,28). The van der Waals surface area contributed by atoms with E-state index in [1.165, 1.54) is 17.6 Å². The summed E-state index contributed by atoms with van der Waals surface area (Å²) >= 11 is 0. The summed E-state index contributed by atoms with van der Waals surface area (Å²) in [5, 5.41) is 5.54. The van der Waals surface area contributed by atoms with Crippen molar-refractivity contribution in [3.63, 3.8) is 0 Å². The zero-order chi connectivity index (χ0) is 22.4. The van der Waals surface area contributed by atoms with Gasteiger partial charge in [0.1, 0.15) is 5.65 Å². The molecular formula is C26H28N6O. The molecule has 1 N–H and O–H groups in total. The van der Waals surface area contributed by atoms with Crippen molar-refractivity contribution in [3.05, 3.63) is 60.2 Å². The third kappa shape index (κ3) is 3.62. The van der Waals surface area contributed by atoms with Gasteiger partial charge in [-0.15, -0.1) is 0 Å². The molecular weight excluding hydrogens is 412 g/mol. The number of likely N-dealkylation sites (tertiary alicyclic amines) is 1. The smallest absolute Gasteiger partial charge is 0.257 e. The van der Waals surface area contributed by atoms with Gasteiger partial charge in [-0.3, -0.25) is 4.79 Å². The first-order chi connectivity index (χ1) is 16.2. The number of nitrogens with one attached hydrogen (secondary N) is 1. The van der Waals surface area contributed by atoms with Crippen LogP contribution < -0.4 is 0 Å². The molecule has 1 saturated heterocycles. The second-order valence-corrected chi connectivity index (χ2v) is 9.22. The molecule has 4 aromatic heterocycles. The van der Waals surface area contributed by atoms with E-state index in [1.54, 1.807) is 10.7 Å². The molecule has 1 amide bonds. The average Bonchev–Trinajstić information content (AvgIpc) is 3.48. The van der Waals surface area contributed by atoms with Crippen molar-refractivity contribution in [1.29, 1.82) is 0 Å². The van der Waals surface area contributed by atoms with Crippen LogP contribution in [0.5, 0.6) is 0 Å². The first-order valence-corrected chi connectivity index (χ1v) is 11.8. The minimum atomic E-state index is 0.0823. The second kappa shape index (κ2) is 8.15. The SMILES string of the molecule is CN1CC=C(c2cnc3[nH]cc(-c4ccn5ncc(C(=O)N6CCCCC6)c5c4)c3c2)CC1. The fraction of sp³-hybridized carbons (Fsp3) is 0.346. The molecule has 0 saturated carbocycles. The van der Waals surface area contributed by atoms with Gasteiger partial charge in [0.15, 0.2) is 0 Å². The lowest BCUT2D eigenvalue weighted by Crippen LogP contribution is -2.35. The summed E-state index contributed by atoms with van der Waals surface area (Å²) in [6.07, 6.45) is 14.3. The Morgan fingerprint density at radius 2 is 1.94 bits per heavy atom. The number of amides is 1. The van der Waals surface area contributed by atoms with Gasteiger partial charge in [-0.1, -0.05) is 6.08 Å². The zero-order valence-electron chi connectivity index (χ0n) is 18.9. The van der Waals surface area contributed by atoms with Gasteiger partial charge in [-0.25, -0.2) is 9.50 Å². The third-order valence-electron chi connectivity index (χ3n) is 7.02. The molecule has 7 heteroatoms. The molecule has 1 fully saturated rings. The molecule has 0 radical (unpaired) electrons. The number of fused-ring (bicyclic) bond motifs is 2. The molecule has 0 atom stereocenters. The molecule has 2 aliphatic rings. The van der Waals surface area contributed by atoms with Crippen LogP contribution in [-0.2, 0) is 0 Å². The fourth-order valence-corrected chi connectivity index (χ4v) is 5.03. The van der Waals surface area contributed by atoms with Crippen LogP contribution in [0, 0.1) is 0 Å². The van der Waals surface area contributed by atoms with E-state index >= 15 is 0 Å². The van der Waals surface area contributed by atoms with Crippen LogP contribution in [0.4, 0.5) is 0 Å². The highest BCUT2D eigenvalue weighted by Crippen LogP contribution is 2.32. The molecule has 0 aliphatic carbocycles. The van der Waals surface area contributed by atoms with Gasteiger partial charge in [0, 0.05) is 55.7 Å². The average molecular weight is 441 g/mol. The van der Waals surface area contributed by atoms with Crippen molar-refractivity contribution in [2.24, 2.45) is 0 Å². The van der Waals surface area contributed by atoms with E-state index in [4.69, 9.17) is 4.98 Å². The molecule has 6 rings (SSSR count). The lowest BCUT2D eigenvalue weighted by Gasteiger charge is -2.26. The summed E-state index contributed by atoms with van der Waals surface area (Å²) in [7, 11) is 2.15. The van der Waals surface area contributed by atoms with Crippen LogP contribution in [0.2, 0.25) is 0 Å². The Morgan fingerprint density at radius 3 is 2.76 bits per heavy atom. The zero-order valence-corrected chi connectivity index (χ0v) is 18.9. The van der Waals surface area contributed by atoms with Crippen LogP contribution in [-0.4, -0.2) is 68.5 Å². The molecule has 0 aromatic carbocycles. The van der Waals surface area contributed by atoms with Crippen LogP contribution >= 0.6 is 0 Å². The van der Waals surface area contributed by atoms with E-state index in [0.29, 0.717) is 5.56 Å². The quantitative estimate of drug-likeness (QED) is 0.518. The largest absolute Gasteiger partial charge is 0.346 e. The highest BCUT2D eigenvalue weighted by Gasteiger charge is 2.22. The topological polar surface area (TPSA) is 69.5 Å². The minimum absolute atomic E-state index is 0.0823. The van der Waals surface area contributed by atoms with E-state index < -0.39 is 0 Å². The van der Waals surface area contributed by atoms with Crippen molar-refractivity contribution in [2.75, 3.05) is 33.2 Å². The molecule has 0 bridgehead atoms. The van der Waals surface area contributed by atoms with E-state index in [1.807, 2.05) is 23.5 Å². The number of H-pyrrole nitrogens is 1. The number of aromatic nitrogens is 4. The van der Waals surface area contributed by atoms with Gasteiger partial charge >= 0.3 is 0 Å². The lowest BCUT2D eigenvalue weighted by atomic mass is 9.98. The predicted molar refractivity (Wildman–Crippen MR) is 130 cm³/mol. The second-order valence-electron chi connectivity index (χ2n) is 9.22. The molecule has 33 heavy (non-hydrogen) atoms. The molecule has 0 unspecified atom stereocenters. The van der Waals surface area contributed by atoms with Crippen molar-refractivity contribution in [2.45, 2.75) is 25.7 Å². The summed E-state index contributed by atoms with van der Waals surface area (Å²) in [5.74, 6) is 0.0823. The number of hydrogen-bond donors (Lipinski definition) is 1. The van der Waals surface area contributed by atoms with E-state index in [0.717, 1.165) is 73.1 Å². The number of rotatable bonds is 3. The van der Waals surface area contributed by atoms with Gasteiger partial charge in [-0.05, 0) is 67.6 Å². The molecule has 168 valence electrons. The van der Waals surface area contributed by atoms with Crippen LogP contribution in [0.3, 0.4) is 0 Å². The number of nitrogens with zero attached hydrogens (tertiary/aromatic N) is 5. The third-order valence-corrected chi connectivity index (χ3v) is 7.02. The molecule has 2 aliphatic heterocycles. The monoisotopic (exact) mass is 440 g/mol. The van der Waals surface area contributed by atoms with Gasteiger partial charge < -0.3 is 14.8 Å². The van der Waals surface area contributed by atoms with Crippen molar-refractivity contribution in [1.82, 2.24) is 29.4 Å². The Balaban J connectivity index is 1.39. The maximum absolute atomic E-state index is 13.2. The number of pyridine rings is 2. The summed E-state index contributed by atoms with van der Waals surface area (Å²) in [5.41, 5.74) is 7.08. The predicted octanol–water partition coefficient (Wildman–Crippen LogP) is 4.22. The maximum Gasteiger partial charge on any atom is 0.257 e. The van der Waals surface area contributed by atoms with Gasteiger partial charge in [0.25, 0.3) is 5.91 Å². The fourth-order valence-electron chi connectivity index (χ4n) is 5.03. The van der Waals surface area contributed by atoms with Crippen molar-refractivity contribution in [3.8, 4) is 11.1 Å². The minimum Gasteiger partial charge on any atom is -0.346 e. The Hall–Kier alpha value is -3.45. The van der Waals surface area contributed by atoms with Crippen LogP contribution in [0.25, 0.3) is 33.3 Å². The number of hydrogen-bond acceptors (Lipinski definition) is 4. The Morgan fingerprint density at radius 1 is 1.06 bits per heavy atom. The maximum atomic E-state index is 13.2. The molecule has 7 nitrogen and oxygen atoms in total. The summed E-state index contributed by atoms with van der Waals surface area (Å²) in [6, 6.07) is 6.37. The Kier molecular flexibility index (Phi) is 4.99. The summed E-state index contributed by atoms with van der Waals surface area (Å²) in [4.78, 5) is 25.5. The normalized spacial score (nSPS) is 17.6. The highest BCUT2D eigenvalue weighted by atomic mass is 16.2. The van der Waals surface area contributed by atoms with Crippen molar-refractivity contribution < 1.29 is 4.79 Å². The van der Waals surface area contributed by atoms with E-state index in [-0.39, 0.29) is 5.91 Å². The number of aromatic amines is 1. The molecule has 4 aromatic rings. The van der Waals surface area contributed by atoms with Crippen LogP contribution in [0.1, 0.15) is 41.6 Å². The Bertz CT molecular complexity index is 1370. The van der Waals surface area contributed by atoms with E-state index in [9.17, 15) is 4.79 Å². The lowest BCUT2D eigenvalue weighted by molar-refractivity contribution is 0.0726. The van der Waals surface area contributed by atoms with Crippen molar-refractivity contribution >= 4 is 28.0 Å². The summed E-state index contributed by atoms with van der Waals surface area (Å²) in [6.45, 7) is 3.70. The number of carbonyl (C=O) groups is 1. The van der Waals surface area contributed by atoms with Crippen LogP contribution in [0.15, 0.2) is 49.1 Å². The number of piperidine rings is 1. The van der Waals surface area contributed by atoms with Gasteiger partial charge in [0.2, 0.25) is 0 Å². The number of likely N-dealkylation sites (N-methyl/N-ethyl adjacent to an activating group) is 1. The molecule has 6 heterocycles. The van der Waals surface area contributed by atoms with E-state index in [2.05, 4.69) is 46.3 Å². The summed E-state index contributed by atoms with van der Waals surface area (Å²) < 4.78 is 1.79.